The Balaban J connectivity index is 1.92. The van der Waals surface area contributed by atoms with Crippen LogP contribution in [0.4, 0.5) is 0 Å². The predicted molar refractivity (Wildman–Crippen MR) is 99.3 cm³/mol. The first kappa shape index (κ1) is 16.8. The third-order valence-corrected chi connectivity index (χ3v) is 5.69. The number of thiophene rings is 1. The van der Waals surface area contributed by atoms with E-state index in [1.54, 1.807) is 24.3 Å². The molecule has 126 valence electrons. The van der Waals surface area contributed by atoms with Crippen molar-refractivity contribution in [3.8, 4) is 5.75 Å². The maximum Gasteiger partial charge on any atom is 0.339 e. The molecule has 0 atom stereocenters. The first-order valence-electron chi connectivity index (χ1n) is 8.02. The Kier molecular flexibility index (Phi) is 4.26. The lowest BCUT2D eigenvalue weighted by atomic mass is 9.95. The minimum Gasteiger partial charge on any atom is -0.487 e. The third-order valence-electron chi connectivity index (χ3n) is 4.21. The maximum absolute atomic E-state index is 11.8. The van der Waals surface area contributed by atoms with Gasteiger partial charge in [-0.1, -0.05) is 26.8 Å². The molecule has 2 heterocycles. The molecule has 0 saturated carbocycles. The van der Waals surface area contributed by atoms with Gasteiger partial charge >= 0.3 is 5.63 Å². The van der Waals surface area contributed by atoms with Gasteiger partial charge in [-0.3, -0.25) is 0 Å². The summed E-state index contributed by atoms with van der Waals surface area (Å²) in [4.78, 5) is 14.4. The molecular formula is C20H22O3S. The highest BCUT2D eigenvalue weighted by Gasteiger charge is 2.17. The molecule has 0 amide bonds. The Morgan fingerprint density at radius 3 is 2.50 bits per heavy atom. The summed E-state index contributed by atoms with van der Waals surface area (Å²) >= 11 is 1.78. The number of hydrogen-bond donors (Lipinski definition) is 0. The second-order valence-corrected chi connectivity index (χ2v) is 8.24. The van der Waals surface area contributed by atoms with E-state index in [0.29, 0.717) is 17.8 Å². The van der Waals surface area contributed by atoms with E-state index in [4.69, 9.17) is 9.15 Å². The first-order valence-corrected chi connectivity index (χ1v) is 8.84. The van der Waals surface area contributed by atoms with Crippen LogP contribution in [0.3, 0.4) is 0 Å². The SMILES string of the molecule is Cc1c(C)c2c(OCc3ccc(C(C)(C)C)s3)cccc2oc1=O. The van der Waals surface area contributed by atoms with Crippen molar-refractivity contribution in [3.63, 3.8) is 0 Å². The van der Waals surface area contributed by atoms with Gasteiger partial charge in [0.2, 0.25) is 0 Å². The zero-order valence-corrected chi connectivity index (χ0v) is 15.5. The lowest BCUT2D eigenvalue weighted by Gasteiger charge is -2.15. The maximum atomic E-state index is 11.8. The first-order chi connectivity index (χ1) is 11.3. The number of ether oxygens (including phenoxy) is 1. The topological polar surface area (TPSA) is 39.4 Å². The van der Waals surface area contributed by atoms with Crippen molar-refractivity contribution >= 4 is 22.3 Å². The zero-order valence-electron chi connectivity index (χ0n) is 14.7. The Bertz CT molecular complexity index is 942. The van der Waals surface area contributed by atoms with Crippen LogP contribution in [0.5, 0.6) is 5.75 Å². The lowest BCUT2D eigenvalue weighted by Crippen LogP contribution is -2.07. The average molecular weight is 342 g/mol. The molecule has 0 aliphatic carbocycles. The van der Waals surface area contributed by atoms with Crippen molar-refractivity contribution in [2.24, 2.45) is 0 Å². The molecule has 24 heavy (non-hydrogen) atoms. The summed E-state index contributed by atoms with van der Waals surface area (Å²) in [5.74, 6) is 0.752. The second kappa shape index (κ2) is 6.10. The number of aryl methyl sites for hydroxylation is 1. The van der Waals surface area contributed by atoms with Gasteiger partial charge in [-0.05, 0) is 49.1 Å². The smallest absolute Gasteiger partial charge is 0.339 e. The molecule has 0 aliphatic rings. The van der Waals surface area contributed by atoms with Gasteiger partial charge in [0.05, 0.1) is 5.39 Å². The van der Waals surface area contributed by atoms with E-state index in [0.717, 1.165) is 16.7 Å². The Labute approximate surface area is 145 Å². The summed E-state index contributed by atoms with van der Waals surface area (Å²) in [7, 11) is 0. The summed E-state index contributed by atoms with van der Waals surface area (Å²) in [5.41, 5.74) is 1.98. The average Bonchev–Trinajstić information content (AvgIpc) is 2.99. The largest absolute Gasteiger partial charge is 0.487 e. The highest BCUT2D eigenvalue weighted by molar-refractivity contribution is 7.12. The van der Waals surface area contributed by atoms with Gasteiger partial charge in [-0.15, -0.1) is 11.3 Å². The summed E-state index contributed by atoms with van der Waals surface area (Å²) in [6.45, 7) is 10.9. The Morgan fingerprint density at radius 1 is 1.08 bits per heavy atom. The van der Waals surface area contributed by atoms with Gasteiger partial charge in [0.25, 0.3) is 0 Å². The summed E-state index contributed by atoms with van der Waals surface area (Å²) in [5, 5.41) is 0.877. The van der Waals surface area contributed by atoms with Crippen LogP contribution in [0.25, 0.3) is 11.0 Å². The molecule has 0 N–H and O–H groups in total. The summed E-state index contributed by atoms with van der Waals surface area (Å²) in [6.07, 6.45) is 0. The van der Waals surface area contributed by atoms with Gasteiger partial charge in [0, 0.05) is 15.3 Å². The Morgan fingerprint density at radius 2 is 1.83 bits per heavy atom. The van der Waals surface area contributed by atoms with Gasteiger partial charge in [-0.2, -0.15) is 0 Å². The van der Waals surface area contributed by atoms with Crippen molar-refractivity contribution in [2.45, 2.75) is 46.6 Å². The molecule has 3 rings (SSSR count). The van der Waals surface area contributed by atoms with E-state index in [1.165, 1.54) is 9.75 Å². The van der Waals surface area contributed by atoms with Crippen LogP contribution in [0.1, 0.15) is 41.7 Å². The van der Waals surface area contributed by atoms with E-state index >= 15 is 0 Å². The van der Waals surface area contributed by atoms with Crippen molar-refractivity contribution in [1.29, 1.82) is 0 Å². The molecule has 4 heteroatoms. The van der Waals surface area contributed by atoms with E-state index < -0.39 is 0 Å². The van der Waals surface area contributed by atoms with Crippen LogP contribution in [0.2, 0.25) is 0 Å². The molecule has 0 spiro atoms. The van der Waals surface area contributed by atoms with E-state index in [1.807, 2.05) is 19.1 Å². The minimum absolute atomic E-state index is 0.152. The van der Waals surface area contributed by atoms with Gasteiger partial charge in [0.1, 0.15) is 17.9 Å². The lowest BCUT2D eigenvalue weighted by molar-refractivity contribution is 0.313. The molecule has 0 unspecified atom stereocenters. The van der Waals surface area contributed by atoms with E-state index in [-0.39, 0.29) is 11.0 Å². The van der Waals surface area contributed by atoms with Crippen LogP contribution >= 0.6 is 11.3 Å². The van der Waals surface area contributed by atoms with Crippen LogP contribution < -0.4 is 10.4 Å². The fraction of sp³-hybridized carbons (Fsp3) is 0.350. The van der Waals surface area contributed by atoms with Gasteiger partial charge in [-0.25, -0.2) is 4.79 Å². The molecule has 0 radical (unpaired) electrons. The minimum atomic E-state index is -0.287. The molecular weight excluding hydrogens is 320 g/mol. The van der Waals surface area contributed by atoms with Crippen LogP contribution in [0.15, 0.2) is 39.5 Å². The van der Waals surface area contributed by atoms with Gasteiger partial charge < -0.3 is 9.15 Å². The number of rotatable bonds is 3. The standard InChI is InChI=1S/C20H22O3S/c1-12-13(2)19(21)23-16-8-6-7-15(18(12)16)22-11-14-9-10-17(24-14)20(3,4)5/h6-10H,11H2,1-5H3. The van der Waals surface area contributed by atoms with Crippen molar-refractivity contribution < 1.29 is 9.15 Å². The van der Waals surface area contributed by atoms with Crippen LogP contribution in [-0.4, -0.2) is 0 Å². The van der Waals surface area contributed by atoms with Crippen molar-refractivity contribution in [2.75, 3.05) is 0 Å². The highest BCUT2D eigenvalue weighted by Crippen LogP contribution is 2.32. The van der Waals surface area contributed by atoms with E-state index in [2.05, 4.69) is 32.9 Å². The van der Waals surface area contributed by atoms with E-state index in [9.17, 15) is 4.79 Å². The highest BCUT2D eigenvalue weighted by atomic mass is 32.1. The zero-order chi connectivity index (χ0) is 17.5. The fourth-order valence-electron chi connectivity index (χ4n) is 2.61. The number of benzene rings is 1. The monoisotopic (exact) mass is 342 g/mol. The molecule has 2 aromatic heterocycles. The molecule has 1 aromatic carbocycles. The summed E-state index contributed by atoms with van der Waals surface area (Å²) in [6, 6.07) is 9.87. The molecule has 3 aromatic rings. The van der Waals surface area contributed by atoms with Gasteiger partial charge in [0.15, 0.2) is 0 Å². The molecule has 3 nitrogen and oxygen atoms in total. The Hall–Kier alpha value is -2.07. The van der Waals surface area contributed by atoms with Crippen molar-refractivity contribution in [3.05, 3.63) is 61.6 Å². The van der Waals surface area contributed by atoms with Crippen LogP contribution in [-0.2, 0) is 12.0 Å². The molecule has 0 aliphatic heterocycles. The molecule has 0 saturated heterocycles. The number of hydrogen-bond acceptors (Lipinski definition) is 4. The fourth-order valence-corrected chi connectivity index (χ4v) is 3.59. The normalized spacial score (nSPS) is 11.9. The molecule has 0 bridgehead atoms. The van der Waals surface area contributed by atoms with Crippen molar-refractivity contribution in [1.82, 2.24) is 0 Å². The van der Waals surface area contributed by atoms with Crippen LogP contribution in [0, 0.1) is 13.8 Å². The molecule has 0 fully saturated rings. The third kappa shape index (κ3) is 3.11. The predicted octanol–water partition coefficient (Wildman–Crippen LogP) is 5.35. The number of fused-ring (bicyclic) bond motifs is 1. The quantitative estimate of drug-likeness (QED) is 0.603. The second-order valence-electron chi connectivity index (χ2n) is 7.07. The summed E-state index contributed by atoms with van der Waals surface area (Å²) < 4.78 is 11.4.